The minimum atomic E-state index is -0.806. The number of aliphatic hydroxyl groups excluding tert-OH is 1. The van der Waals surface area contributed by atoms with Crippen LogP contribution in [0.4, 0.5) is 10.6 Å². The molecule has 2 bridgehead atoms. The first-order valence-corrected chi connectivity index (χ1v) is 19.4. The predicted octanol–water partition coefficient (Wildman–Crippen LogP) is 3.31. The first-order valence-electron chi connectivity index (χ1n) is 19.4. The number of fused-ring (bicyclic) bond motifs is 1. The van der Waals surface area contributed by atoms with Crippen molar-refractivity contribution < 1.29 is 29.0 Å². The number of piperazine rings is 1. The Hall–Kier alpha value is -3.65. The summed E-state index contributed by atoms with van der Waals surface area (Å²) in [5.41, 5.74) is -0.205. The highest BCUT2D eigenvalue weighted by molar-refractivity contribution is 5.93. The highest BCUT2D eigenvalue weighted by Crippen LogP contribution is 2.68. The molecule has 7 rings (SSSR count). The van der Waals surface area contributed by atoms with Crippen LogP contribution in [0.1, 0.15) is 86.0 Å². The number of alkyl carbamates (subject to hydrolysis) is 1. The number of hydrogen-bond acceptors (Lipinski definition) is 11. The number of imidazole rings is 1. The molecular weight excluding hydrogens is 664 g/mol. The lowest BCUT2D eigenvalue weighted by Gasteiger charge is -2.62. The van der Waals surface area contributed by atoms with Crippen LogP contribution in [0.15, 0.2) is 12.7 Å². The molecule has 5 fully saturated rings. The number of Topliss-reactive ketones (excluding diaryl/α,β-unsaturated/α-hetero) is 1. The number of anilines is 1. The summed E-state index contributed by atoms with van der Waals surface area (Å²) in [6, 6.07) is 0. The fraction of sp³-hybridized carbons (Fsp3) is 0.763. The van der Waals surface area contributed by atoms with Crippen molar-refractivity contribution in [3.8, 4) is 0 Å². The van der Waals surface area contributed by atoms with E-state index in [1.807, 2.05) is 0 Å². The monoisotopic (exact) mass is 720 g/mol. The fourth-order valence-corrected chi connectivity index (χ4v) is 10.8. The second-order valence-electron chi connectivity index (χ2n) is 16.9. The summed E-state index contributed by atoms with van der Waals surface area (Å²) in [6.45, 7) is 14.7. The molecule has 8 atom stereocenters. The summed E-state index contributed by atoms with van der Waals surface area (Å²) in [4.78, 5) is 71.5. The zero-order valence-electron chi connectivity index (χ0n) is 31.4. The second kappa shape index (κ2) is 14.0. The zero-order chi connectivity index (χ0) is 37.0. The van der Waals surface area contributed by atoms with E-state index in [9.17, 15) is 24.3 Å². The number of aromatic nitrogens is 4. The van der Waals surface area contributed by atoms with Gasteiger partial charge < -0.3 is 29.5 Å². The number of rotatable bonds is 6. The van der Waals surface area contributed by atoms with Gasteiger partial charge in [0.05, 0.1) is 12.4 Å². The van der Waals surface area contributed by atoms with E-state index >= 15 is 0 Å². The summed E-state index contributed by atoms with van der Waals surface area (Å²) in [7, 11) is 0. The molecule has 0 spiro atoms. The molecule has 5 aliphatic rings. The summed E-state index contributed by atoms with van der Waals surface area (Å²) < 4.78 is 8.00. The maximum absolute atomic E-state index is 13.7. The third-order valence-corrected chi connectivity index (χ3v) is 14.5. The van der Waals surface area contributed by atoms with E-state index in [0.29, 0.717) is 56.4 Å². The van der Waals surface area contributed by atoms with E-state index in [4.69, 9.17) is 4.74 Å². The Labute approximate surface area is 305 Å². The van der Waals surface area contributed by atoms with Crippen molar-refractivity contribution in [3.05, 3.63) is 12.7 Å². The van der Waals surface area contributed by atoms with Crippen molar-refractivity contribution in [1.82, 2.24) is 35.1 Å². The Morgan fingerprint density at radius 3 is 2.48 bits per heavy atom. The Bertz CT molecular complexity index is 1700. The lowest BCUT2D eigenvalue weighted by Crippen LogP contribution is -2.63. The number of likely N-dealkylation sites (tertiary alicyclic amines) is 1. The zero-order valence-corrected chi connectivity index (χ0v) is 31.4. The Kier molecular flexibility index (Phi) is 9.85. The Morgan fingerprint density at radius 1 is 1.04 bits per heavy atom. The van der Waals surface area contributed by atoms with Crippen molar-refractivity contribution >= 4 is 40.7 Å². The van der Waals surface area contributed by atoms with Crippen molar-refractivity contribution in [3.63, 3.8) is 0 Å². The van der Waals surface area contributed by atoms with Crippen molar-refractivity contribution in [1.29, 1.82) is 0 Å². The van der Waals surface area contributed by atoms with Crippen LogP contribution in [0.25, 0.3) is 11.2 Å². The number of ether oxygens (including phenoxy) is 1. The van der Waals surface area contributed by atoms with Crippen LogP contribution in [0.5, 0.6) is 0 Å². The summed E-state index contributed by atoms with van der Waals surface area (Å²) in [6.07, 6.45) is 5.97. The van der Waals surface area contributed by atoms with E-state index in [-0.39, 0.29) is 41.4 Å². The van der Waals surface area contributed by atoms with Crippen molar-refractivity contribution in [2.45, 2.75) is 105 Å². The number of carbonyl (C=O) groups is 4. The number of nitrogens with zero attached hydrogens (tertiary/aromatic N) is 6. The minimum absolute atomic E-state index is 0.0571. The summed E-state index contributed by atoms with van der Waals surface area (Å²) >= 11 is 0. The van der Waals surface area contributed by atoms with E-state index in [0.717, 1.165) is 51.3 Å². The number of aliphatic hydroxyl groups is 1. The second-order valence-corrected chi connectivity index (χ2v) is 16.9. The van der Waals surface area contributed by atoms with E-state index in [1.165, 1.54) is 6.33 Å². The van der Waals surface area contributed by atoms with Gasteiger partial charge in [-0.15, -0.1) is 0 Å². The molecule has 14 nitrogen and oxygen atoms in total. The van der Waals surface area contributed by atoms with Crippen molar-refractivity contribution in [2.75, 3.05) is 44.2 Å². The molecule has 2 saturated heterocycles. The number of carbonyl (C=O) groups excluding carboxylic acids is 4. The first-order chi connectivity index (χ1) is 24.8. The van der Waals surface area contributed by atoms with Gasteiger partial charge in [0.2, 0.25) is 11.8 Å². The average Bonchev–Trinajstić information content (AvgIpc) is 3.73. The highest BCUT2D eigenvalue weighted by atomic mass is 16.6. The molecule has 14 heteroatoms. The predicted molar refractivity (Wildman–Crippen MR) is 193 cm³/mol. The molecule has 3 amide bonds. The number of imide groups is 1. The summed E-state index contributed by atoms with van der Waals surface area (Å²) in [5, 5.41) is 17.7. The summed E-state index contributed by atoms with van der Waals surface area (Å²) in [5.74, 6) is -0.234. The highest BCUT2D eigenvalue weighted by Gasteiger charge is 2.68. The number of amides is 3. The molecule has 6 unspecified atom stereocenters. The molecule has 284 valence electrons. The van der Waals surface area contributed by atoms with Crippen LogP contribution >= 0.6 is 0 Å². The van der Waals surface area contributed by atoms with Crippen LogP contribution in [0.3, 0.4) is 0 Å². The maximum atomic E-state index is 13.7. The van der Waals surface area contributed by atoms with Gasteiger partial charge in [-0.3, -0.25) is 19.7 Å². The van der Waals surface area contributed by atoms with Crippen molar-refractivity contribution in [2.24, 2.45) is 39.9 Å². The molecule has 4 heterocycles. The lowest BCUT2D eigenvalue weighted by molar-refractivity contribution is -0.198. The van der Waals surface area contributed by atoms with Gasteiger partial charge in [0, 0.05) is 62.9 Å². The SMILES string of the molecule is CC[C@]1(C)CC(OC(=O)NC(=O)C2CCN(C(=O)Cn3cnc4c(N5CCNCC5)ncnc43)CC2)C2(C)C(C)CCC3(CCC(=O)C32)C(C)[C@@H]1O. The number of hydrogen-bond donors (Lipinski definition) is 3. The quantitative estimate of drug-likeness (QED) is 0.400. The minimum Gasteiger partial charge on any atom is -0.445 e. The molecule has 52 heavy (non-hydrogen) atoms. The lowest BCUT2D eigenvalue weighted by atomic mass is 9.43. The normalized spacial score (nSPS) is 35.5. The van der Waals surface area contributed by atoms with Gasteiger partial charge >= 0.3 is 6.09 Å². The van der Waals surface area contributed by atoms with Gasteiger partial charge in [-0.05, 0) is 67.6 Å². The third kappa shape index (κ3) is 6.07. The first kappa shape index (κ1) is 36.7. The molecule has 2 aliphatic heterocycles. The van der Waals surface area contributed by atoms with Gasteiger partial charge in [0.25, 0.3) is 0 Å². The molecule has 2 aromatic rings. The van der Waals surface area contributed by atoms with Crippen LogP contribution in [-0.2, 0) is 25.7 Å². The topological polar surface area (TPSA) is 172 Å². The van der Waals surface area contributed by atoms with Gasteiger partial charge in [-0.25, -0.2) is 19.7 Å². The van der Waals surface area contributed by atoms with Crippen LogP contribution in [0, 0.1) is 39.9 Å². The van der Waals surface area contributed by atoms with Crippen LogP contribution in [0.2, 0.25) is 0 Å². The van der Waals surface area contributed by atoms with E-state index in [1.54, 1.807) is 15.8 Å². The molecule has 0 radical (unpaired) electrons. The smallest absolute Gasteiger partial charge is 0.414 e. The molecule has 3 N–H and O–H groups in total. The maximum Gasteiger partial charge on any atom is 0.414 e. The third-order valence-electron chi connectivity index (χ3n) is 14.5. The standard InChI is InChI=1S/C38H56N8O6/c1-6-36(4)19-27(37(5)23(2)7-11-38(24(3)31(36)49)12-8-26(47)30(37)38)52-35(51)43-34(50)25-9-15-44(16-10-25)28(48)20-46-22-42-29-32(40-21-41-33(29)46)45-17-13-39-14-18-45/h21-25,27,30-31,39,49H,6-20H2,1-5H3,(H,43,50,51)/t23?,24?,27?,30?,31-,36+,37?,38?/m0/s1. The average molecular weight is 721 g/mol. The van der Waals surface area contributed by atoms with Gasteiger partial charge in [-0.2, -0.15) is 0 Å². The number of piperidine rings is 1. The fourth-order valence-electron chi connectivity index (χ4n) is 10.8. The molecule has 3 aliphatic carbocycles. The number of nitrogens with one attached hydrogen (secondary N) is 2. The van der Waals surface area contributed by atoms with Crippen LogP contribution in [-0.4, -0.2) is 105 Å². The van der Waals surface area contributed by atoms with Crippen LogP contribution < -0.4 is 15.5 Å². The molecular formula is C38H56N8O6. The molecule has 0 aromatic carbocycles. The van der Waals surface area contributed by atoms with E-state index < -0.39 is 41.0 Å². The Morgan fingerprint density at radius 2 is 1.77 bits per heavy atom. The van der Waals surface area contributed by atoms with E-state index in [2.05, 4.69) is 65.1 Å². The van der Waals surface area contributed by atoms with Gasteiger partial charge in [0.1, 0.15) is 24.8 Å². The Balaban J connectivity index is 0.986. The number of ketones is 1. The largest absolute Gasteiger partial charge is 0.445 e. The van der Waals surface area contributed by atoms with Gasteiger partial charge in [-0.1, -0.05) is 34.6 Å². The van der Waals surface area contributed by atoms with Gasteiger partial charge in [0.15, 0.2) is 17.0 Å². The molecule has 3 saturated carbocycles. The molecule has 2 aromatic heterocycles.